The number of rotatable bonds is 3. The molecule has 0 atom stereocenters. The van der Waals surface area contributed by atoms with Gasteiger partial charge >= 0.3 is 5.97 Å². The number of aryl methyl sites for hydroxylation is 1. The largest absolute Gasteiger partial charge is 0.461 e. The van der Waals surface area contributed by atoms with Gasteiger partial charge in [0.2, 0.25) is 0 Å². The summed E-state index contributed by atoms with van der Waals surface area (Å²) in [6.45, 7) is 4.02. The molecule has 0 spiro atoms. The number of para-hydroxylation sites is 1. The van der Waals surface area contributed by atoms with Gasteiger partial charge in [-0.05, 0) is 48.0 Å². The highest BCUT2D eigenvalue weighted by atomic mass is 79.9. The molecule has 5 heteroatoms. The van der Waals surface area contributed by atoms with Gasteiger partial charge in [0.25, 0.3) is 0 Å². The number of hydrogen-bond acceptors (Lipinski definition) is 3. The number of carbonyl (C=O) groups excluding carboxylic acids is 1. The van der Waals surface area contributed by atoms with Crippen molar-refractivity contribution in [2.45, 2.75) is 13.8 Å². The van der Waals surface area contributed by atoms with Crippen LogP contribution in [0.3, 0.4) is 0 Å². The zero-order valence-corrected chi connectivity index (χ0v) is 11.8. The lowest BCUT2D eigenvalue weighted by atomic mass is 10.3. The molecule has 0 fully saturated rings. The van der Waals surface area contributed by atoms with E-state index >= 15 is 0 Å². The Morgan fingerprint density at radius 1 is 1.44 bits per heavy atom. The van der Waals surface area contributed by atoms with Gasteiger partial charge in [-0.3, -0.25) is 0 Å². The predicted molar refractivity (Wildman–Crippen MR) is 72.0 cm³/mol. The predicted octanol–water partition coefficient (Wildman–Crippen LogP) is 3.12. The Morgan fingerprint density at radius 3 is 2.83 bits per heavy atom. The molecule has 0 amide bonds. The molecule has 0 saturated heterocycles. The van der Waals surface area contributed by atoms with Crippen LogP contribution in [0.15, 0.2) is 34.8 Å². The normalized spacial score (nSPS) is 10.4. The SMILES string of the molecule is CCOC(=O)c1cc(C)n(-c2ccccc2Br)n1. The van der Waals surface area contributed by atoms with E-state index in [4.69, 9.17) is 4.74 Å². The molecule has 0 aliphatic rings. The molecule has 2 aromatic rings. The third-order valence-electron chi connectivity index (χ3n) is 2.45. The third kappa shape index (κ3) is 2.46. The summed E-state index contributed by atoms with van der Waals surface area (Å²) in [7, 11) is 0. The molecule has 0 bridgehead atoms. The molecule has 1 aromatic carbocycles. The second-order valence-electron chi connectivity index (χ2n) is 3.75. The van der Waals surface area contributed by atoms with E-state index in [1.165, 1.54) is 0 Å². The Hall–Kier alpha value is -1.62. The lowest BCUT2D eigenvalue weighted by Crippen LogP contribution is -2.07. The van der Waals surface area contributed by atoms with Crippen molar-refractivity contribution in [2.24, 2.45) is 0 Å². The van der Waals surface area contributed by atoms with Crippen LogP contribution in [0, 0.1) is 6.92 Å². The number of carbonyl (C=O) groups is 1. The maximum Gasteiger partial charge on any atom is 0.358 e. The van der Waals surface area contributed by atoms with Crippen LogP contribution < -0.4 is 0 Å². The van der Waals surface area contributed by atoms with Gasteiger partial charge in [0.1, 0.15) is 0 Å². The van der Waals surface area contributed by atoms with Crippen LogP contribution in [0.1, 0.15) is 23.1 Å². The number of nitrogens with zero attached hydrogens (tertiary/aromatic N) is 2. The number of hydrogen-bond donors (Lipinski definition) is 0. The number of ether oxygens (including phenoxy) is 1. The Labute approximate surface area is 114 Å². The fraction of sp³-hybridized carbons (Fsp3) is 0.231. The Morgan fingerprint density at radius 2 is 2.17 bits per heavy atom. The van der Waals surface area contributed by atoms with Crippen LogP contribution in [-0.2, 0) is 4.74 Å². The highest BCUT2D eigenvalue weighted by molar-refractivity contribution is 9.10. The first-order valence-corrected chi connectivity index (χ1v) is 6.41. The van der Waals surface area contributed by atoms with Gasteiger partial charge in [0.15, 0.2) is 5.69 Å². The average Bonchev–Trinajstić information content (AvgIpc) is 2.72. The van der Waals surface area contributed by atoms with Gasteiger partial charge in [0, 0.05) is 10.2 Å². The molecule has 1 heterocycles. The Bertz CT molecular complexity index is 578. The van der Waals surface area contributed by atoms with Crippen molar-refractivity contribution in [1.82, 2.24) is 9.78 Å². The van der Waals surface area contributed by atoms with Crippen LogP contribution in [0.25, 0.3) is 5.69 Å². The number of esters is 1. The molecule has 0 N–H and O–H groups in total. The molecule has 18 heavy (non-hydrogen) atoms. The molecule has 0 radical (unpaired) electrons. The number of halogens is 1. The highest BCUT2D eigenvalue weighted by Crippen LogP contribution is 2.21. The van der Waals surface area contributed by atoms with Crippen molar-refractivity contribution in [3.63, 3.8) is 0 Å². The molecule has 0 saturated carbocycles. The molecule has 1 aromatic heterocycles. The summed E-state index contributed by atoms with van der Waals surface area (Å²) in [6.07, 6.45) is 0. The van der Waals surface area contributed by atoms with E-state index < -0.39 is 5.97 Å². The molecule has 2 rings (SSSR count). The maximum absolute atomic E-state index is 11.6. The molecular formula is C13H13BrN2O2. The second kappa shape index (κ2) is 5.35. The minimum absolute atomic E-state index is 0.324. The molecule has 4 nitrogen and oxygen atoms in total. The molecular weight excluding hydrogens is 296 g/mol. The maximum atomic E-state index is 11.6. The zero-order chi connectivity index (χ0) is 13.1. The van der Waals surface area contributed by atoms with Crippen LogP contribution in [0.5, 0.6) is 0 Å². The van der Waals surface area contributed by atoms with Crippen molar-refractivity contribution >= 4 is 21.9 Å². The van der Waals surface area contributed by atoms with Crippen molar-refractivity contribution in [3.05, 3.63) is 46.2 Å². The minimum Gasteiger partial charge on any atom is -0.461 e. The van der Waals surface area contributed by atoms with E-state index in [-0.39, 0.29) is 0 Å². The van der Waals surface area contributed by atoms with Gasteiger partial charge in [-0.1, -0.05) is 12.1 Å². The van der Waals surface area contributed by atoms with Crippen molar-refractivity contribution in [3.8, 4) is 5.69 Å². The highest BCUT2D eigenvalue weighted by Gasteiger charge is 2.14. The average molecular weight is 309 g/mol. The fourth-order valence-corrected chi connectivity index (χ4v) is 2.10. The summed E-state index contributed by atoms with van der Waals surface area (Å²) in [5, 5.41) is 4.27. The lowest BCUT2D eigenvalue weighted by Gasteiger charge is -2.06. The summed E-state index contributed by atoms with van der Waals surface area (Å²) in [5.41, 5.74) is 2.10. The number of benzene rings is 1. The first-order chi connectivity index (χ1) is 8.63. The Kier molecular flexibility index (Phi) is 3.81. The van der Waals surface area contributed by atoms with E-state index in [1.54, 1.807) is 17.7 Å². The van der Waals surface area contributed by atoms with Crippen molar-refractivity contribution < 1.29 is 9.53 Å². The molecule has 94 valence electrons. The minimum atomic E-state index is -0.397. The van der Waals surface area contributed by atoms with Crippen molar-refractivity contribution in [1.29, 1.82) is 0 Å². The van der Waals surface area contributed by atoms with E-state index in [1.807, 2.05) is 31.2 Å². The van der Waals surface area contributed by atoms with Gasteiger partial charge in [-0.15, -0.1) is 0 Å². The monoisotopic (exact) mass is 308 g/mol. The van der Waals surface area contributed by atoms with Crippen LogP contribution in [-0.4, -0.2) is 22.4 Å². The van der Waals surface area contributed by atoms with Crippen LogP contribution in [0.2, 0.25) is 0 Å². The summed E-state index contributed by atoms with van der Waals surface area (Å²) in [6, 6.07) is 9.43. The van der Waals surface area contributed by atoms with E-state index in [0.29, 0.717) is 12.3 Å². The third-order valence-corrected chi connectivity index (χ3v) is 3.12. The quantitative estimate of drug-likeness (QED) is 0.818. The van der Waals surface area contributed by atoms with Gasteiger partial charge in [0.05, 0.1) is 12.3 Å². The second-order valence-corrected chi connectivity index (χ2v) is 4.61. The summed E-state index contributed by atoms with van der Waals surface area (Å²) < 4.78 is 7.58. The van der Waals surface area contributed by atoms with E-state index in [2.05, 4.69) is 21.0 Å². The van der Waals surface area contributed by atoms with Gasteiger partial charge in [-0.2, -0.15) is 5.10 Å². The van der Waals surface area contributed by atoms with E-state index in [9.17, 15) is 4.79 Å². The lowest BCUT2D eigenvalue weighted by molar-refractivity contribution is 0.0519. The van der Waals surface area contributed by atoms with Gasteiger partial charge < -0.3 is 4.74 Å². The standard InChI is InChI=1S/C13H13BrN2O2/c1-3-18-13(17)11-8-9(2)16(15-11)12-7-5-4-6-10(12)14/h4-8H,3H2,1-2H3. The molecule has 0 aliphatic heterocycles. The van der Waals surface area contributed by atoms with Crippen molar-refractivity contribution in [2.75, 3.05) is 6.61 Å². The molecule has 0 aliphatic carbocycles. The van der Waals surface area contributed by atoms with Gasteiger partial charge in [-0.25, -0.2) is 9.48 Å². The van der Waals surface area contributed by atoms with E-state index in [0.717, 1.165) is 15.9 Å². The smallest absolute Gasteiger partial charge is 0.358 e. The van der Waals surface area contributed by atoms with Crippen LogP contribution in [0.4, 0.5) is 0 Å². The summed E-state index contributed by atoms with van der Waals surface area (Å²) in [4.78, 5) is 11.6. The first kappa shape index (κ1) is 12.8. The molecule has 0 unspecified atom stereocenters. The summed E-state index contributed by atoms with van der Waals surface area (Å²) >= 11 is 3.47. The zero-order valence-electron chi connectivity index (χ0n) is 10.2. The first-order valence-electron chi connectivity index (χ1n) is 5.62. The number of aromatic nitrogens is 2. The fourth-order valence-electron chi connectivity index (χ4n) is 1.65. The summed E-state index contributed by atoms with van der Waals surface area (Å²) in [5.74, 6) is -0.397. The van der Waals surface area contributed by atoms with Crippen LogP contribution >= 0.6 is 15.9 Å². The topological polar surface area (TPSA) is 44.1 Å². The Balaban J connectivity index is 2.42.